The SMILES string of the molecule is Cc1ccccc1-n1c(C)cc(C(=O)N(C)C2CC3CCC(C2)N3)c1C.Cl. The summed E-state index contributed by atoms with van der Waals surface area (Å²) in [6.45, 7) is 6.26. The minimum atomic E-state index is 0. The highest BCUT2D eigenvalue weighted by Crippen LogP contribution is 2.31. The first-order valence-electron chi connectivity index (χ1n) is 9.74. The number of benzene rings is 1. The Morgan fingerprint density at radius 3 is 2.37 bits per heavy atom. The van der Waals surface area contributed by atoms with E-state index in [0.29, 0.717) is 18.1 Å². The van der Waals surface area contributed by atoms with Gasteiger partial charge in [0.15, 0.2) is 0 Å². The fraction of sp³-hybridized carbons (Fsp3) is 0.500. The Bertz CT molecular complexity index is 832. The van der Waals surface area contributed by atoms with E-state index in [2.05, 4.69) is 61.0 Å². The molecule has 3 heterocycles. The smallest absolute Gasteiger partial charge is 0.255 e. The van der Waals surface area contributed by atoms with Crippen molar-refractivity contribution in [1.29, 1.82) is 0 Å². The van der Waals surface area contributed by atoms with Crippen molar-refractivity contribution in [1.82, 2.24) is 14.8 Å². The number of hydrogen-bond donors (Lipinski definition) is 1. The quantitative estimate of drug-likeness (QED) is 0.857. The first-order chi connectivity index (χ1) is 12.5. The largest absolute Gasteiger partial charge is 0.339 e. The molecule has 2 unspecified atom stereocenters. The highest BCUT2D eigenvalue weighted by Gasteiger charge is 2.37. The van der Waals surface area contributed by atoms with Gasteiger partial charge in [-0.25, -0.2) is 0 Å². The predicted molar refractivity (Wildman–Crippen MR) is 112 cm³/mol. The summed E-state index contributed by atoms with van der Waals surface area (Å²) in [5.74, 6) is 0.157. The van der Waals surface area contributed by atoms with E-state index in [-0.39, 0.29) is 18.3 Å². The molecule has 5 heteroatoms. The summed E-state index contributed by atoms with van der Waals surface area (Å²) in [6.07, 6.45) is 4.67. The van der Waals surface area contributed by atoms with Crippen LogP contribution in [-0.2, 0) is 0 Å². The minimum absolute atomic E-state index is 0. The summed E-state index contributed by atoms with van der Waals surface area (Å²) in [5, 5.41) is 3.66. The summed E-state index contributed by atoms with van der Waals surface area (Å²) in [4.78, 5) is 15.3. The van der Waals surface area contributed by atoms with Crippen LogP contribution in [0, 0.1) is 20.8 Å². The van der Waals surface area contributed by atoms with Gasteiger partial charge in [-0.05, 0) is 64.2 Å². The third-order valence-corrected chi connectivity index (χ3v) is 6.33. The Morgan fingerprint density at radius 1 is 1.11 bits per heavy atom. The van der Waals surface area contributed by atoms with E-state index in [0.717, 1.165) is 35.5 Å². The molecular formula is C22H30ClN3O. The summed E-state index contributed by atoms with van der Waals surface area (Å²) in [6, 6.07) is 11.9. The molecular weight excluding hydrogens is 358 g/mol. The highest BCUT2D eigenvalue weighted by molar-refractivity contribution is 5.96. The van der Waals surface area contributed by atoms with Crippen molar-refractivity contribution in [2.75, 3.05) is 7.05 Å². The maximum Gasteiger partial charge on any atom is 0.255 e. The summed E-state index contributed by atoms with van der Waals surface area (Å²) >= 11 is 0. The average Bonchev–Trinajstić information content (AvgIpc) is 3.12. The fourth-order valence-corrected chi connectivity index (χ4v) is 4.86. The van der Waals surface area contributed by atoms with Gasteiger partial charge in [-0.1, -0.05) is 18.2 Å². The van der Waals surface area contributed by atoms with Gasteiger partial charge in [0.2, 0.25) is 0 Å². The average molecular weight is 388 g/mol. The van der Waals surface area contributed by atoms with E-state index in [4.69, 9.17) is 0 Å². The molecule has 4 rings (SSSR count). The molecule has 1 aromatic carbocycles. The van der Waals surface area contributed by atoms with Crippen molar-refractivity contribution >= 4 is 18.3 Å². The van der Waals surface area contributed by atoms with Crippen LogP contribution < -0.4 is 5.32 Å². The normalized spacial score (nSPS) is 23.8. The van der Waals surface area contributed by atoms with Gasteiger partial charge in [0, 0.05) is 42.2 Å². The number of amides is 1. The first kappa shape index (κ1) is 20.0. The van der Waals surface area contributed by atoms with Crippen LogP contribution in [0.25, 0.3) is 5.69 Å². The number of halogens is 1. The zero-order valence-corrected chi connectivity index (χ0v) is 17.5. The molecule has 2 aliphatic heterocycles. The van der Waals surface area contributed by atoms with Crippen LogP contribution in [0.1, 0.15) is 53.0 Å². The molecule has 0 spiro atoms. The van der Waals surface area contributed by atoms with E-state index < -0.39 is 0 Å². The van der Waals surface area contributed by atoms with Gasteiger partial charge in [0.05, 0.1) is 5.56 Å². The fourth-order valence-electron chi connectivity index (χ4n) is 4.86. The van der Waals surface area contributed by atoms with Crippen LogP contribution in [-0.4, -0.2) is 40.5 Å². The molecule has 2 bridgehead atoms. The number of aromatic nitrogens is 1. The number of carbonyl (C=O) groups excluding carboxylic acids is 1. The van der Waals surface area contributed by atoms with Crippen LogP contribution in [0.3, 0.4) is 0 Å². The van der Waals surface area contributed by atoms with Crippen molar-refractivity contribution in [2.24, 2.45) is 0 Å². The first-order valence-corrected chi connectivity index (χ1v) is 9.74. The lowest BCUT2D eigenvalue weighted by Crippen LogP contribution is -2.48. The molecule has 2 aromatic rings. The van der Waals surface area contributed by atoms with Crippen molar-refractivity contribution in [2.45, 2.75) is 64.6 Å². The van der Waals surface area contributed by atoms with Crippen molar-refractivity contribution < 1.29 is 4.79 Å². The third-order valence-electron chi connectivity index (χ3n) is 6.33. The Kier molecular flexibility index (Phi) is 5.68. The summed E-state index contributed by atoms with van der Waals surface area (Å²) in [7, 11) is 1.98. The van der Waals surface area contributed by atoms with Crippen LogP contribution >= 0.6 is 12.4 Å². The van der Waals surface area contributed by atoms with Gasteiger partial charge in [-0.3, -0.25) is 4.79 Å². The molecule has 2 aliphatic rings. The third kappa shape index (κ3) is 3.53. The van der Waals surface area contributed by atoms with Crippen molar-refractivity contribution in [3.8, 4) is 5.69 Å². The van der Waals surface area contributed by atoms with E-state index in [1.165, 1.54) is 18.4 Å². The molecule has 1 aromatic heterocycles. The molecule has 4 nitrogen and oxygen atoms in total. The Morgan fingerprint density at radius 2 is 1.74 bits per heavy atom. The topological polar surface area (TPSA) is 37.3 Å². The van der Waals surface area contributed by atoms with E-state index >= 15 is 0 Å². The van der Waals surface area contributed by atoms with Crippen molar-refractivity contribution in [3.63, 3.8) is 0 Å². The zero-order valence-electron chi connectivity index (χ0n) is 16.7. The van der Waals surface area contributed by atoms with Gasteiger partial charge < -0.3 is 14.8 Å². The second kappa shape index (κ2) is 7.69. The number of nitrogens with one attached hydrogen (secondary N) is 1. The van der Waals surface area contributed by atoms with Gasteiger partial charge in [-0.2, -0.15) is 0 Å². The van der Waals surface area contributed by atoms with E-state index in [1.54, 1.807) is 0 Å². The Labute approximate surface area is 168 Å². The van der Waals surface area contributed by atoms with Gasteiger partial charge in [-0.15, -0.1) is 12.4 Å². The number of aryl methyl sites for hydroxylation is 2. The number of rotatable bonds is 3. The lowest BCUT2D eigenvalue weighted by Gasteiger charge is -2.35. The van der Waals surface area contributed by atoms with Crippen LogP contribution in [0.5, 0.6) is 0 Å². The number of nitrogens with zero attached hydrogens (tertiary/aromatic N) is 2. The summed E-state index contributed by atoms with van der Waals surface area (Å²) < 4.78 is 2.21. The number of fused-ring (bicyclic) bond motifs is 2. The van der Waals surface area contributed by atoms with E-state index in [1.807, 2.05) is 11.9 Å². The molecule has 2 saturated heterocycles. The summed E-state index contributed by atoms with van der Waals surface area (Å²) in [5.41, 5.74) is 5.35. The van der Waals surface area contributed by atoms with Gasteiger partial charge >= 0.3 is 0 Å². The second-order valence-electron chi connectivity index (χ2n) is 8.09. The molecule has 0 radical (unpaired) electrons. The molecule has 1 amide bonds. The molecule has 2 fully saturated rings. The van der Waals surface area contributed by atoms with Crippen LogP contribution in [0.15, 0.2) is 30.3 Å². The van der Waals surface area contributed by atoms with E-state index in [9.17, 15) is 4.79 Å². The molecule has 0 saturated carbocycles. The number of para-hydroxylation sites is 1. The monoisotopic (exact) mass is 387 g/mol. The molecule has 1 N–H and O–H groups in total. The Hall–Kier alpha value is -1.78. The predicted octanol–water partition coefficient (Wildman–Crippen LogP) is 4.18. The van der Waals surface area contributed by atoms with Crippen LogP contribution in [0.2, 0.25) is 0 Å². The highest BCUT2D eigenvalue weighted by atomic mass is 35.5. The number of hydrogen-bond acceptors (Lipinski definition) is 2. The maximum atomic E-state index is 13.3. The molecule has 2 atom stereocenters. The molecule has 0 aliphatic carbocycles. The van der Waals surface area contributed by atoms with Gasteiger partial charge in [0.1, 0.15) is 0 Å². The molecule has 27 heavy (non-hydrogen) atoms. The lowest BCUT2D eigenvalue weighted by molar-refractivity contribution is 0.0681. The minimum Gasteiger partial charge on any atom is -0.339 e. The Balaban J connectivity index is 0.00000210. The van der Waals surface area contributed by atoms with Crippen molar-refractivity contribution in [3.05, 3.63) is 52.8 Å². The maximum absolute atomic E-state index is 13.3. The zero-order chi connectivity index (χ0) is 18.4. The van der Waals surface area contributed by atoms with Crippen LogP contribution in [0.4, 0.5) is 0 Å². The lowest BCUT2D eigenvalue weighted by atomic mass is 9.98. The standard InChI is InChI=1S/C22H29N3O.ClH/c1-14-7-5-6-8-21(14)25-15(2)11-20(16(25)3)22(26)24(4)19-12-17-9-10-18(13-19)23-17;/h5-8,11,17-19,23H,9-10,12-13H2,1-4H3;1H. The molecule has 146 valence electrons. The number of carbonyl (C=O) groups is 1. The van der Waals surface area contributed by atoms with Gasteiger partial charge in [0.25, 0.3) is 5.91 Å². The second-order valence-corrected chi connectivity index (χ2v) is 8.09. The number of piperidine rings is 1.